The van der Waals surface area contributed by atoms with Gasteiger partial charge in [0.15, 0.2) is 43.3 Å². The highest BCUT2D eigenvalue weighted by Gasteiger charge is 2.48. The van der Waals surface area contributed by atoms with Gasteiger partial charge in [-0.25, -0.2) is 0 Å². The van der Waals surface area contributed by atoms with Crippen molar-refractivity contribution in [3.05, 3.63) is 47.6 Å². The van der Waals surface area contributed by atoms with E-state index in [4.69, 9.17) is 48.1 Å². The smallest absolute Gasteiger partial charge is 0.232 e. The Balaban J connectivity index is 0.929. The molecular weight excluding hydrogens is 1440 g/mol. The molecule has 4 aliphatic rings. The van der Waals surface area contributed by atoms with E-state index in [0.717, 1.165) is 49.9 Å². The lowest BCUT2D eigenvalue weighted by atomic mass is 9.84. The Morgan fingerprint density at radius 2 is 0.864 bits per heavy atom. The Hall–Kier alpha value is -5.71. The van der Waals surface area contributed by atoms with E-state index in [0.29, 0.717) is 122 Å². The van der Waals surface area contributed by atoms with Crippen molar-refractivity contribution in [2.24, 2.45) is 17.3 Å². The third-order valence-corrected chi connectivity index (χ3v) is 20.5. The third-order valence-electron chi connectivity index (χ3n) is 20.5. The number of aromatic nitrogens is 12. The number of carbonyl (C=O) groups excluding carboxylic acids is 3. The molecule has 4 aromatic rings. The number of ether oxygens (including phenoxy) is 8. The van der Waals surface area contributed by atoms with Crippen molar-refractivity contribution in [2.75, 3.05) is 59.4 Å². The van der Waals surface area contributed by atoms with Gasteiger partial charge < -0.3 is 110 Å². The summed E-state index contributed by atoms with van der Waals surface area (Å²) in [4.78, 5) is 43.4. The molecule has 0 unspecified atom stereocenters. The van der Waals surface area contributed by atoms with E-state index < -0.39 is 172 Å². The molecule has 4 fully saturated rings. The third kappa shape index (κ3) is 26.7. The first-order valence-corrected chi connectivity index (χ1v) is 38.9. The second-order valence-corrected chi connectivity index (χ2v) is 30.6. The lowest BCUT2D eigenvalue weighted by Gasteiger charge is -2.42. The van der Waals surface area contributed by atoms with E-state index in [2.05, 4.69) is 51.5 Å². The second kappa shape index (κ2) is 44.8. The molecule has 624 valence electrons. The van der Waals surface area contributed by atoms with Crippen LogP contribution in [0.5, 0.6) is 0 Å². The van der Waals surface area contributed by atoms with Gasteiger partial charge in [-0.2, -0.15) is 9.36 Å². The number of unbranched alkanes of at least 4 members (excludes halogenated alkanes) is 8. The molecule has 21 atom stereocenters. The van der Waals surface area contributed by atoms with Gasteiger partial charge in [-0.3, -0.25) is 33.5 Å². The monoisotopic (exact) mass is 1570 g/mol. The average molecular weight is 1570 g/mol. The molecule has 8 rings (SSSR count). The fourth-order valence-electron chi connectivity index (χ4n) is 14.1. The predicted molar refractivity (Wildman–Crippen MR) is 382 cm³/mol. The minimum absolute atomic E-state index is 0.0141. The first-order valence-electron chi connectivity index (χ1n) is 38.9. The number of aromatic amines is 2. The topological polar surface area (TPSA) is 525 Å². The molecule has 16 N–H and O–H groups in total. The van der Waals surface area contributed by atoms with Gasteiger partial charge >= 0.3 is 0 Å². The van der Waals surface area contributed by atoms with E-state index in [1.165, 1.54) is 13.8 Å². The van der Waals surface area contributed by atoms with Crippen molar-refractivity contribution in [2.45, 2.75) is 307 Å². The maximum absolute atomic E-state index is 15.1. The summed E-state index contributed by atoms with van der Waals surface area (Å²) >= 11 is 0. The minimum atomic E-state index is -1.43. The maximum Gasteiger partial charge on any atom is 0.232 e. The Bertz CT molecular complexity index is 3310. The molecule has 2 amide bonds. The summed E-state index contributed by atoms with van der Waals surface area (Å²) in [7, 11) is 0. The number of hydrogen-bond acceptors (Lipinski definition) is 31. The Kier molecular flexibility index (Phi) is 36.6. The van der Waals surface area contributed by atoms with Crippen LogP contribution in [0, 0.1) is 17.3 Å². The molecule has 8 heterocycles. The molecule has 4 saturated heterocycles. The molecular formula is C71H124N16O23+2. The van der Waals surface area contributed by atoms with Gasteiger partial charge in [-0.15, -0.1) is 10.2 Å². The molecule has 39 heteroatoms. The number of aryl methyl sites for hydroxylation is 4. The summed E-state index contributed by atoms with van der Waals surface area (Å²) in [6.07, 6.45) is -1.06. The van der Waals surface area contributed by atoms with Gasteiger partial charge in [0.2, 0.25) is 23.2 Å². The van der Waals surface area contributed by atoms with E-state index in [9.17, 15) is 70.9 Å². The lowest BCUT2D eigenvalue weighted by Crippen LogP contribution is -2.64. The van der Waals surface area contributed by atoms with Gasteiger partial charge in [0, 0.05) is 106 Å². The Labute approximate surface area is 640 Å². The first kappa shape index (κ1) is 89.8. The van der Waals surface area contributed by atoms with Crippen molar-refractivity contribution >= 4 is 17.6 Å². The Morgan fingerprint density at radius 1 is 0.500 bits per heavy atom. The summed E-state index contributed by atoms with van der Waals surface area (Å²) in [5.74, 6) is -1.87. The van der Waals surface area contributed by atoms with Gasteiger partial charge in [0.25, 0.3) is 0 Å². The van der Waals surface area contributed by atoms with Crippen LogP contribution in [0.15, 0.2) is 24.8 Å². The number of aliphatic hydroxyl groups is 12. The summed E-state index contributed by atoms with van der Waals surface area (Å²) < 4.78 is 54.0. The quantitative estimate of drug-likeness (QED) is 0.0149. The van der Waals surface area contributed by atoms with Crippen LogP contribution < -0.4 is 20.0 Å². The van der Waals surface area contributed by atoms with Crippen LogP contribution in [0.3, 0.4) is 0 Å². The first-order chi connectivity index (χ1) is 52.7. The Morgan fingerprint density at radius 3 is 1.27 bits per heavy atom. The zero-order chi connectivity index (χ0) is 79.6. The number of hydrogen-bond donors (Lipinski definition) is 16. The summed E-state index contributed by atoms with van der Waals surface area (Å²) in [5.41, 5.74) is 2.00. The van der Waals surface area contributed by atoms with Gasteiger partial charge in [0.1, 0.15) is 86.2 Å². The number of nitrogens with one attached hydrogen (secondary N) is 4. The minimum Gasteiger partial charge on any atom is -0.394 e. The molecule has 0 aromatic carbocycles. The number of Topliss-reactive ketones (excluding diaryl/α,β-unsaturated/α-hetero) is 1. The number of ketones is 1. The van der Waals surface area contributed by atoms with Crippen LogP contribution in [0.4, 0.5) is 0 Å². The number of nitrogens with zero attached hydrogens (tertiary/aromatic N) is 12. The van der Waals surface area contributed by atoms with Crippen LogP contribution in [0.25, 0.3) is 0 Å². The molecule has 4 aromatic heterocycles. The number of carbonyl (C=O) groups is 3. The van der Waals surface area contributed by atoms with E-state index in [1.807, 2.05) is 54.9 Å². The molecule has 39 nitrogen and oxygen atoms in total. The van der Waals surface area contributed by atoms with E-state index in [-0.39, 0.29) is 32.1 Å². The van der Waals surface area contributed by atoms with E-state index in [1.54, 1.807) is 23.2 Å². The van der Waals surface area contributed by atoms with Crippen molar-refractivity contribution in [3.8, 4) is 0 Å². The normalized spacial score (nSPS) is 29.1. The highest BCUT2D eigenvalue weighted by Crippen LogP contribution is 2.31. The van der Waals surface area contributed by atoms with Crippen LogP contribution >= 0.6 is 0 Å². The summed E-state index contributed by atoms with van der Waals surface area (Å²) in [6.45, 7) is 14.9. The molecule has 0 radical (unpaired) electrons. The number of H-pyrrole nitrogens is 2. The van der Waals surface area contributed by atoms with Crippen LogP contribution in [-0.2, 0) is 105 Å². The fourth-order valence-corrected chi connectivity index (χ4v) is 14.1. The highest BCUT2D eigenvalue weighted by atomic mass is 16.7. The number of rotatable bonds is 48. The van der Waals surface area contributed by atoms with Gasteiger partial charge in [0.05, 0.1) is 69.2 Å². The van der Waals surface area contributed by atoms with E-state index >= 15 is 4.79 Å². The lowest BCUT2D eigenvalue weighted by molar-refractivity contribution is -0.754. The maximum atomic E-state index is 15.1. The summed E-state index contributed by atoms with van der Waals surface area (Å²) in [5, 5.41) is 162. The number of aliphatic hydroxyl groups excluding tert-OH is 12. The molecule has 4 aliphatic heterocycles. The largest absolute Gasteiger partial charge is 0.394 e. The predicted octanol–water partition coefficient (Wildman–Crippen LogP) is -3.86. The molecule has 0 bridgehead atoms. The van der Waals surface area contributed by atoms with Crippen LogP contribution in [0.2, 0.25) is 0 Å². The molecule has 0 spiro atoms. The standard InChI is InChI=1S/C71H122N16O23/c1-43-58(94)60(96)52(39-88)107-67(43)103-27-16-8-12-23-84-35-47(74-78-84)31-82(32-48-36-85(79-75-48)24-14-10-18-29-105-69-56(72-45(3)92)64(100)62(98)54(41-90)109-69)22-20-21-51(66(102)71(5,6)7)83(33-49-37-86(80-76-49)25-13-9-17-28-104-68-44(2)59(95)61(97)53(40-89)108-68)34-50-38-87(81-77-50)26-15-11-19-30-106-70-57(73-46(4)93)65(101)63(99)55(42-91)110-70/h35-38,43-44,51-65,67-70,88-91,94-101H,8-34,39-42H2,1-7H3,(H2,72,73,92,93)/p+2/t43-,44-,51+,52-,53-,54-,55-,56-,57-,58-,59-,60+,61+,62+,63+,64-,65-,67-,68-,69-,70-/m1/s1. The average Bonchev–Trinajstić information content (AvgIpc) is 0.940. The molecule has 0 aliphatic carbocycles. The zero-order valence-corrected chi connectivity index (χ0v) is 64.6. The van der Waals surface area contributed by atoms with Crippen molar-refractivity contribution in [1.29, 1.82) is 0 Å². The SMILES string of the molecule is CC(=O)N[C@H]1[C@H](OCCCCC[n+]2cc(CN(CCC[C@@H](C(=O)C(C)(C)C)N(Cc3cn(CCCCCO[C@@H]4O[C@H](CO)[C@H](O)[C@H](O)[C@H]4C)nn3)Cc3c[n+](CCCCCO[C@@H]4O[C@H](CO)[C@H](O)[C@H](O)[C@H]4NC(C)=O)[nH]n3)Cc3cn(CCCCCO[C@@H]4O[C@H](CO)[C@H](O)[C@H](O)[C@H]4C)nn3)n[nH]2)O[C@H](CO)[C@H](O)[C@@H]1O. The molecule has 110 heavy (non-hydrogen) atoms. The van der Waals surface area contributed by atoms with Gasteiger partial charge in [-0.1, -0.05) is 55.5 Å². The van der Waals surface area contributed by atoms with Crippen molar-refractivity contribution in [3.63, 3.8) is 0 Å². The fraction of sp³-hybridized carbons (Fsp3) is 0.845. The van der Waals surface area contributed by atoms with Gasteiger partial charge in [-0.05, 0) is 96.4 Å². The second-order valence-electron chi connectivity index (χ2n) is 30.6. The summed E-state index contributed by atoms with van der Waals surface area (Å²) in [6, 6.07) is -2.72. The molecule has 0 saturated carbocycles. The zero-order valence-electron chi connectivity index (χ0n) is 64.6. The van der Waals surface area contributed by atoms with Crippen LogP contribution in [-0.4, -0.2) is 315 Å². The van der Waals surface area contributed by atoms with Crippen molar-refractivity contribution < 1.29 is 123 Å². The number of amides is 2. The highest BCUT2D eigenvalue weighted by molar-refractivity contribution is 5.88. The van der Waals surface area contributed by atoms with Crippen LogP contribution in [0.1, 0.15) is 161 Å². The van der Waals surface area contributed by atoms with Crippen molar-refractivity contribution in [1.82, 2.24) is 71.0 Å².